The van der Waals surface area contributed by atoms with E-state index in [9.17, 15) is 9.18 Å². The van der Waals surface area contributed by atoms with E-state index in [4.69, 9.17) is 4.98 Å². The molecule has 140 valence electrons. The van der Waals surface area contributed by atoms with Gasteiger partial charge in [-0.15, -0.1) is 0 Å². The predicted octanol–water partition coefficient (Wildman–Crippen LogP) is 4.34. The van der Waals surface area contributed by atoms with Crippen molar-refractivity contribution in [2.75, 3.05) is 6.54 Å². The van der Waals surface area contributed by atoms with Gasteiger partial charge in [0.25, 0.3) is 0 Å². The van der Waals surface area contributed by atoms with Crippen LogP contribution in [-0.2, 0) is 11.3 Å². The molecule has 0 aliphatic carbocycles. The van der Waals surface area contributed by atoms with Gasteiger partial charge in [-0.1, -0.05) is 30.3 Å². The van der Waals surface area contributed by atoms with E-state index in [-0.39, 0.29) is 23.2 Å². The minimum Gasteiger partial charge on any atom is -0.337 e. The number of rotatable bonds is 3. The van der Waals surface area contributed by atoms with Crippen LogP contribution in [0.5, 0.6) is 0 Å². The SMILES string of the molecule is CC(C)(C)N1CC(c2nc3ccccc3n2Cc2ccccc2F)CC1=O. The lowest BCUT2D eigenvalue weighted by atomic mass is 10.1. The molecule has 1 atom stereocenters. The van der Waals surface area contributed by atoms with Crippen molar-refractivity contribution in [3.05, 3.63) is 65.7 Å². The number of likely N-dealkylation sites (tertiary alicyclic amines) is 1. The van der Waals surface area contributed by atoms with Crippen LogP contribution in [0.15, 0.2) is 48.5 Å². The van der Waals surface area contributed by atoms with E-state index < -0.39 is 0 Å². The number of hydrogen-bond acceptors (Lipinski definition) is 2. The summed E-state index contributed by atoms with van der Waals surface area (Å²) < 4.78 is 16.3. The minimum absolute atomic E-state index is 0.0101. The van der Waals surface area contributed by atoms with Crippen molar-refractivity contribution in [1.82, 2.24) is 14.5 Å². The first-order valence-electron chi connectivity index (χ1n) is 9.33. The number of nitrogens with zero attached hydrogens (tertiary/aromatic N) is 3. The highest BCUT2D eigenvalue weighted by Gasteiger charge is 2.39. The van der Waals surface area contributed by atoms with Gasteiger partial charge in [0, 0.05) is 30.0 Å². The Morgan fingerprint density at radius 1 is 1.11 bits per heavy atom. The van der Waals surface area contributed by atoms with Crippen LogP contribution in [0.4, 0.5) is 4.39 Å². The van der Waals surface area contributed by atoms with Crippen LogP contribution in [0.25, 0.3) is 11.0 Å². The molecule has 0 radical (unpaired) electrons. The molecule has 1 unspecified atom stereocenters. The zero-order chi connectivity index (χ0) is 19.2. The van der Waals surface area contributed by atoms with E-state index in [0.29, 0.717) is 25.1 Å². The number of imidazole rings is 1. The molecule has 1 fully saturated rings. The fourth-order valence-corrected chi connectivity index (χ4v) is 3.90. The summed E-state index contributed by atoms with van der Waals surface area (Å²) >= 11 is 0. The zero-order valence-electron chi connectivity index (χ0n) is 15.9. The van der Waals surface area contributed by atoms with Crippen molar-refractivity contribution in [2.45, 2.75) is 45.2 Å². The van der Waals surface area contributed by atoms with Gasteiger partial charge >= 0.3 is 0 Å². The maximum atomic E-state index is 14.3. The molecule has 1 aliphatic rings. The number of para-hydroxylation sites is 2. The van der Waals surface area contributed by atoms with Crippen LogP contribution in [0.2, 0.25) is 0 Å². The molecule has 4 nitrogen and oxygen atoms in total. The summed E-state index contributed by atoms with van der Waals surface area (Å²) in [6, 6.07) is 14.7. The quantitative estimate of drug-likeness (QED) is 0.693. The van der Waals surface area contributed by atoms with Gasteiger partial charge in [-0.05, 0) is 39.0 Å². The summed E-state index contributed by atoms with van der Waals surface area (Å²) in [6.07, 6.45) is 0.442. The molecule has 1 aliphatic heterocycles. The standard InChI is InChI=1S/C22H24FN3O/c1-22(2,3)26-14-16(12-20(26)27)21-24-18-10-6-7-11-19(18)25(21)13-15-8-4-5-9-17(15)23/h4-11,16H,12-14H2,1-3H3. The van der Waals surface area contributed by atoms with Gasteiger partial charge < -0.3 is 9.47 Å². The molecule has 3 aromatic rings. The summed E-state index contributed by atoms with van der Waals surface area (Å²) in [6.45, 7) is 7.20. The molecule has 27 heavy (non-hydrogen) atoms. The number of aromatic nitrogens is 2. The van der Waals surface area contributed by atoms with E-state index in [1.807, 2.05) is 35.2 Å². The Kier molecular flexibility index (Phi) is 4.25. The average Bonchev–Trinajstić information content (AvgIpc) is 3.18. The summed E-state index contributed by atoms with van der Waals surface area (Å²) in [5.41, 5.74) is 2.26. The number of amides is 1. The monoisotopic (exact) mass is 365 g/mol. The third-order valence-electron chi connectivity index (χ3n) is 5.27. The Morgan fingerprint density at radius 3 is 2.52 bits per heavy atom. The van der Waals surface area contributed by atoms with E-state index in [1.54, 1.807) is 12.1 Å². The van der Waals surface area contributed by atoms with Crippen LogP contribution in [-0.4, -0.2) is 32.4 Å². The first-order chi connectivity index (χ1) is 12.8. The molecule has 2 aromatic carbocycles. The number of carbonyl (C=O) groups is 1. The fraction of sp³-hybridized carbons (Fsp3) is 0.364. The van der Waals surface area contributed by atoms with Crippen molar-refractivity contribution in [2.24, 2.45) is 0 Å². The van der Waals surface area contributed by atoms with E-state index in [2.05, 4.69) is 25.3 Å². The summed E-state index contributed by atoms with van der Waals surface area (Å²) in [4.78, 5) is 19.3. The molecule has 2 heterocycles. The molecule has 5 heteroatoms. The van der Waals surface area contributed by atoms with E-state index in [1.165, 1.54) is 6.07 Å². The first-order valence-corrected chi connectivity index (χ1v) is 9.33. The van der Waals surface area contributed by atoms with Crippen LogP contribution in [0, 0.1) is 5.82 Å². The Hall–Kier alpha value is -2.69. The summed E-state index contributed by atoms with van der Waals surface area (Å²) in [5.74, 6) is 0.799. The Labute approximate surface area is 158 Å². The van der Waals surface area contributed by atoms with E-state index >= 15 is 0 Å². The Balaban J connectivity index is 1.77. The predicted molar refractivity (Wildman–Crippen MR) is 104 cm³/mol. The molecular formula is C22H24FN3O. The van der Waals surface area contributed by atoms with Gasteiger partial charge in [0.05, 0.1) is 17.6 Å². The van der Waals surface area contributed by atoms with Gasteiger partial charge in [-0.2, -0.15) is 0 Å². The molecular weight excluding hydrogens is 341 g/mol. The molecule has 1 aromatic heterocycles. The van der Waals surface area contributed by atoms with Crippen molar-refractivity contribution in [3.8, 4) is 0 Å². The van der Waals surface area contributed by atoms with Gasteiger partial charge in [0.2, 0.25) is 5.91 Å². The number of fused-ring (bicyclic) bond motifs is 1. The Morgan fingerprint density at radius 2 is 1.81 bits per heavy atom. The third-order valence-corrected chi connectivity index (χ3v) is 5.27. The number of halogens is 1. The van der Waals surface area contributed by atoms with Gasteiger partial charge in [-0.3, -0.25) is 4.79 Å². The second-order valence-electron chi connectivity index (χ2n) is 8.21. The molecule has 0 bridgehead atoms. The molecule has 0 spiro atoms. The maximum Gasteiger partial charge on any atom is 0.223 e. The van der Waals surface area contributed by atoms with Crippen molar-refractivity contribution in [1.29, 1.82) is 0 Å². The highest BCUT2D eigenvalue weighted by molar-refractivity contribution is 5.81. The third kappa shape index (κ3) is 3.22. The van der Waals surface area contributed by atoms with Crippen LogP contribution in [0.3, 0.4) is 0 Å². The average molecular weight is 365 g/mol. The normalized spacial score (nSPS) is 17.9. The number of carbonyl (C=O) groups excluding carboxylic acids is 1. The molecule has 0 saturated carbocycles. The van der Waals surface area contributed by atoms with Crippen molar-refractivity contribution >= 4 is 16.9 Å². The van der Waals surface area contributed by atoms with Crippen LogP contribution < -0.4 is 0 Å². The number of benzene rings is 2. The minimum atomic E-state index is -0.222. The molecule has 4 rings (SSSR count). The second kappa shape index (κ2) is 6.48. The first kappa shape index (κ1) is 17.7. The van der Waals surface area contributed by atoms with Crippen LogP contribution >= 0.6 is 0 Å². The molecule has 0 N–H and O–H groups in total. The zero-order valence-corrected chi connectivity index (χ0v) is 15.9. The van der Waals surface area contributed by atoms with Crippen LogP contribution in [0.1, 0.15) is 44.5 Å². The smallest absolute Gasteiger partial charge is 0.223 e. The highest BCUT2D eigenvalue weighted by atomic mass is 19.1. The van der Waals surface area contributed by atoms with Crippen molar-refractivity contribution < 1.29 is 9.18 Å². The fourth-order valence-electron chi connectivity index (χ4n) is 3.90. The molecule has 1 saturated heterocycles. The lowest BCUT2D eigenvalue weighted by Crippen LogP contribution is -2.42. The van der Waals surface area contributed by atoms with E-state index in [0.717, 1.165) is 16.9 Å². The summed E-state index contributed by atoms with van der Waals surface area (Å²) in [5, 5.41) is 0. The highest BCUT2D eigenvalue weighted by Crippen LogP contribution is 2.34. The number of hydrogen-bond donors (Lipinski definition) is 0. The topological polar surface area (TPSA) is 38.1 Å². The Bertz CT molecular complexity index is 1000. The van der Waals surface area contributed by atoms with Gasteiger partial charge in [0.15, 0.2) is 0 Å². The molecule has 1 amide bonds. The lowest BCUT2D eigenvalue weighted by Gasteiger charge is -2.32. The van der Waals surface area contributed by atoms with Gasteiger partial charge in [0.1, 0.15) is 11.6 Å². The maximum absolute atomic E-state index is 14.3. The van der Waals surface area contributed by atoms with Crippen molar-refractivity contribution in [3.63, 3.8) is 0 Å². The summed E-state index contributed by atoms with van der Waals surface area (Å²) in [7, 11) is 0. The largest absolute Gasteiger partial charge is 0.337 e. The second-order valence-corrected chi connectivity index (χ2v) is 8.21. The van der Waals surface area contributed by atoms with Gasteiger partial charge in [-0.25, -0.2) is 9.37 Å². The lowest BCUT2D eigenvalue weighted by molar-refractivity contribution is -0.131.